The lowest BCUT2D eigenvalue weighted by molar-refractivity contribution is -0.769. The molecule has 2 fully saturated rings. The van der Waals surface area contributed by atoms with Crippen LogP contribution in [0.1, 0.15) is 17.3 Å². The van der Waals surface area contributed by atoms with Gasteiger partial charge in [-0.1, -0.05) is 0 Å². The van der Waals surface area contributed by atoms with Crippen molar-refractivity contribution in [1.29, 1.82) is 0 Å². The van der Waals surface area contributed by atoms with Crippen LogP contribution in [0.4, 0.5) is 0 Å². The second-order valence-corrected chi connectivity index (χ2v) is 5.47. The lowest BCUT2D eigenvalue weighted by Gasteiger charge is -2.12. The van der Waals surface area contributed by atoms with Gasteiger partial charge in [-0.05, 0) is 25.1 Å². The predicted molar refractivity (Wildman–Crippen MR) is 82.0 cm³/mol. The van der Waals surface area contributed by atoms with E-state index in [1.165, 1.54) is 26.2 Å². The molecule has 3 rings (SSSR count). The number of aromatic hydroxyl groups is 1. The monoisotopic (exact) mass is 357 g/mol. The van der Waals surface area contributed by atoms with Crippen molar-refractivity contribution < 1.29 is 39.1 Å². The normalized spacial score (nSPS) is 27.0. The van der Waals surface area contributed by atoms with Crippen molar-refractivity contribution in [2.24, 2.45) is 0 Å². The maximum absolute atomic E-state index is 10.9. The maximum Gasteiger partial charge on any atom is 0.294 e. The number of fused-ring (bicyclic) bond motifs is 1. The fraction of sp³-hybridized carbons (Fsp3) is 0.533. The second-order valence-electron chi connectivity index (χ2n) is 5.47. The molecular formula is C15H19NO9. The Kier molecular flexibility index (Phi) is 6.12. The molecule has 1 aromatic carbocycles. The van der Waals surface area contributed by atoms with Gasteiger partial charge in [0.25, 0.3) is 5.09 Å². The van der Waals surface area contributed by atoms with E-state index in [9.17, 15) is 25.1 Å². The van der Waals surface area contributed by atoms with E-state index in [1.807, 2.05) is 0 Å². The van der Waals surface area contributed by atoms with Crippen LogP contribution in [0.3, 0.4) is 0 Å². The van der Waals surface area contributed by atoms with Crippen LogP contribution < -0.4 is 4.74 Å². The number of aliphatic hydroxyl groups excluding tert-OH is 1. The molecule has 138 valence electrons. The van der Waals surface area contributed by atoms with E-state index in [-0.39, 0.29) is 24.7 Å². The first-order chi connectivity index (χ1) is 11.8. The molecule has 0 unspecified atom stereocenters. The minimum atomic E-state index is -0.871. The number of methoxy groups -OCH3 is 1. The van der Waals surface area contributed by atoms with Crippen molar-refractivity contribution in [3.05, 3.63) is 33.9 Å². The van der Waals surface area contributed by atoms with E-state index in [0.717, 1.165) is 0 Å². The second kappa shape index (κ2) is 8.10. The van der Waals surface area contributed by atoms with E-state index in [0.29, 0.717) is 11.3 Å². The van der Waals surface area contributed by atoms with Gasteiger partial charge in [-0.3, -0.25) is 4.79 Å². The van der Waals surface area contributed by atoms with Crippen LogP contribution in [-0.2, 0) is 14.3 Å². The third-order valence-corrected chi connectivity index (χ3v) is 3.79. The summed E-state index contributed by atoms with van der Waals surface area (Å²) < 4.78 is 15.0. The van der Waals surface area contributed by atoms with Gasteiger partial charge in [-0.15, -0.1) is 10.1 Å². The summed E-state index contributed by atoms with van der Waals surface area (Å²) in [6.45, 7) is 1.70. The number of phenols is 1. The molecule has 2 heterocycles. The summed E-state index contributed by atoms with van der Waals surface area (Å²) in [6, 6.07) is 4.51. The van der Waals surface area contributed by atoms with E-state index in [2.05, 4.69) is 4.84 Å². The summed E-state index contributed by atoms with van der Waals surface area (Å²) in [5.41, 5.74) is 0.532. The highest BCUT2D eigenvalue weighted by atomic mass is 17.0. The van der Waals surface area contributed by atoms with Crippen molar-refractivity contribution >= 4 is 5.78 Å². The van der Waals surface area contributed by atoms with E-state index < -0.39 is 29.5 Å². The smallest absolute Gasteiger partial charge is 0.294 e. The molecule has 0 bridgehead atoms. The van der Waals surface area contributed by atoms with Crippen molar-refractivity contribution in [2.45, 2.75) is 31.3 Å². The van der Waals surface area contributed by atoms with Crippen LogP contribution in [-0.4, -0.2) is 65.8 Å². The molecule has 0 saturated carbocycles. The highest BCUT2D eigenvalue weighted by molar-refractivity contribution is 5.94. The molecule has 0 amide bonds. The number of carbonyl (C=O) groups is 1. The molecule has 0 aromatic heterocycles. The summed E-state index contributed by atoms with van der Waals surface area (Å²) >= 11 is 0. The van der Waals surface area contributed by atoms with Gasteiger partial charge in [0, 0.05) is 5.56 Å². The number of carbonyl (C=O) groups excluding carboxylic acids is 1. The number of nitrogens with zero attached hydrogens (tertiary/aromatic N) is 1. The number of hydrogen-bond donors (Lipinski definition) is 2. The van der Waals surface area contributed by atoms with Gasteiger partial charge in [0.15, 0.2) is 23.4 Å². The van der Waals surface area contributed by atoms with Crippen molar-refractivity contribution in [1.82, 2.24) is 0 Å². The first-order valence-electron chi connectivity index (χ1n) is 7.44. The lowest BCUT2D eigenvalue weighted by atomic mass is 10.1. The predicted octanol–water partition coefficient (Wildman–Crippen LogP) is 0.325. The van der Waals surface area contributed by atoms with Crippen LogP contribution >= 0.6 is 0 Å². The third-order valence-electron chi connectivity index (χ3n) is 3.79. The SMILES string of the molecule is COc1cc(C(C)=O)ccc1O.O=[N+]([O-])O[C@@H]1CO[C@H]2[C@@H]1OC[C@@H]2O. The quantitative estimate of drug-likeness (QED) is 0.443. The molecule has 4 atom stereocenters. The molecule has 0 spiro atoms. The van der Waals surface area contributed by atoms with Gasteiger partial charge in [-0.2, -0.15) is 0 Å². The molecule has 10 nitrogen and oxygen atoms in total. The summed E-state index contributed by atoms with van der Waals surface area (Å²) in [5.74, 6) is 0.318. The Morgan fingerprint density at radius 2 is 2.00 bits per heavy atom. The van der Waals surface area contributed by atoms with Crippen molar-refractivity contribution in [3.63, 3.8) is 0 Å². The molecule has 2 saturated heterocycles. The maximum atomic E-state index is 10.9. The largest absolute Gasteiger partial charge is 0.504 e. The lowest BCUT2D eigenvalue weighted by Crippen LogP contribution is -2.33. The average Bonchev–Trinajstić information content (AvgIpc) is 3.12. The zero-order valence-corrected chi connectivity index (χ0v) is 13.7. The molecule has 2 aliphatic rings. The molecule has 2 aliphatic heterocycles. The van der Waals surface area contributed by atoms with Crippen LogP contribution in [0.15, 0.2) is 18.2 Å². The molecule has 0 aliphatic carbocycles. The summed E-state index contributed by atoms with van der Waals surface area (Å²) in [4.78, 5) is 25.3. The Balaban J connectivity index is 0.000000181. The molecular weight excluding hydrogens is 338 g/mol. The van der Waals surface area contributed by atoms with Gasteiger partial charge in [0.2, 0.25) is 0 Å². The molecule has 1 aromatic rings. The minimum Gasteiger partial charge on any atom is -0.504 e. The third kappa shape index (κ3) is 4.56. The van der Waals surface area contributed by atoms with Gasteiger partial charge >= 0.3 is 0 Å². The minimum absolute atomic E-state index is 0.0440. The number of ketones is 1. The van der Waals surface area contributed by atoms with Gasteiger partial charge < -0.3 is 29.3 Å². The number of Topliss-reactive ketones (excluding diaryl/α,β-unsaturated/α-hetero) is 1. The number of phenolic OH excluding ortho intramolecular Hbond substituents is 1. The van der Waals surface area contributed by atoms with Crippen molar-refractivity contribution in [3.8, 4) is 11.5 Å². The number of hydrogen-bond acceptors (Lipinski definition) is 9. The van der Waals surface area contributed by atoms with Gasteiger partial charge in [0.1, 0.15) is 18.3 Å². The number of ether oxygens (including phenoxy) is 3. The highest BCUT2D eigenvalue weighted by Crippen LogP contribution is 2.28. The van der Waals surface area contributed by atoms with E-state index in [4.69, 9.17) is 14.2 Å². The summed E-state index contributed by atoms with van der Waals surface area (Å²) in [5, 5.41) is 27.6. The first kappa shape index (κ1) is 18.9. The molecule has 25 heavy (non-hydrogen) atoms. The Morgan fingerprint density at radius 1 is 1.32 bits per heavy atom. The van der Waals surface area contributed by atoms with Crippen LogP contribution in [0.25, 0.3) is 0 Å². The fourth-order valence-corrected chi connectivity index (χ4v) is 2.54. The van der Waals surface area contributed by atoms with E-state index >= 15 is 0 Å². The number of rotatable bonds is 4. The first-order valence-corrected chi connectivity index (χ1v) is 7.44. The zero-order valence-electron chi connectivity index (χ0n) is 13.7. The fourth-order valence-electron chi connectivity index (χ4n) is 2.54. The van der Waals surface area contributed by atoms with Crippen LogP contribution in [0.2, 0.25) is 0 Å². The molecule has 0 radical (unpaired) electrons. The summed E-state index contributed by atoms with van der Waals surface area (Å²) in [6.07, 6.45) is -2.41. The Hall–Kier alpha value is -2.43. The average molecular weight is 357 g/mol. The highest BCUT2D eigenvalue weighted by Gasteiger charge is 2.48. The standard InChI is InChI=1S/C9H10O3.C6H9NO6/c1-6(10)7-3-4-8(11)9(5-7)12-2;8-3-1-11-6-4(13-7(9)10)2-12-5(3)6/h3-5,11H,1-2H3;3-6,8H,1-2H2/t;3-,4+,5+,6+/m.0/s1. The zero-order chi connectivity index (χ0) is 18.6. The number of benzene rings is 1. The van der Waals surface area contributed by atoms with Gasteiger partial charge in [0.05, 0.1) is 20.3 Å². The van der Waals surface area contributed by atoms with Crippen LogP contribution in [0.5, 0.6) is 11.5 Å². The van der Waals surface area contributed by atoms with E-state index in [1.54, 1.807) is 6.07 Å². The Bertz CT molecular complexity index is 635. The molecule has 10 heteroatoms. The van der Waals surface area contributed by atoms with Crippen molar-refractivity contribution in [2.75, 3.05) is 20.3 Å². The Morgan fingerprint density at radius 3 is 2.60 bits per heavy atom. The van der Waals surface area contributed by atoms with Gasteiger partial charge in [-0.25, -0.2) is 0 Å². The molecule has 2 N–H and O–H groups in total. The summed E-state index contributed by atoms with van der Waals surface area (Å²) in [7, 11) is 1.44. The van der Waals surface area contributed by atoms with Crippen LogP contribution in [0, 0.1) is 10.1 Å². The Labute approximate surface area is 143 Å². The topological polar surface area (TPSA) is 138 Å². The number of aliphatic hydroxyl groups is 1.